The van der Waals surface area contributed by atoms with Gasteiger partial charge in [0.25, 0.3) is 0 Å². The molecule has 0 saturated carbocycles. The maximum atomic E-state index is 11.1. The van der Waals surface area contributed by atoms with Gasteiger partial charge in [0.05, 0.1) is 12.6 Å². The van der Waals surface area contributed by atoms with E-state index in [0.717, 1.165) is 13.0 Å². The van der Waals surface area contributed by atoms with Crippen LogP contribution < -0.4 is 0 Å². The molecule has 3 nitrogen and oxygen atoms in total. The number of carbonyl (C=O) groups is 1. The normalized spacial score (nSPS) is 22.0. The second kappa shape index (κ2) is 4.29. The van der Waals surface area contributed by atoms with Crippen molar-refractivity contribution in [3.05, 3.63) is 0 Å². The molecule has 0 aromatic rings. The van der Waals surface area contributed by atoms with E-state index in [2.05, 4.69) is 11.8 Å². The minimum absolute atomic E-state index is 0.146. The molecule has 1 amide bonds. The SMILES string of the molecule is CN(C)CC#CC1CCC(=O)N1C. The van der Waals surface area contributed by atoms with Crippen molar-refractivity contribution in [3.8, 4) is 11.8 Å². The van der Waals surface area contributed by atoms with Gasteiger partial charge in [-0.1, -0.05) is 11.8 Å². The summed E-state index contributed by atoms with van der Waals surface area (Å²) in [6.07, 6.45) is 1.54. The minimum atomic E-state index is 0.146. The van der Waals surface area contributed by atoms with E-state index < -0.39 is 0 Å². The minimum Gasteiger partial charge on any atom is -0.332 e. The fourth-order valence-electron chi connectivity index (χ4n) is 1.29. The van der Waals surface area contributed by atoms with Crippen molar-refractivity contribution in [3.63, 3.8) is 0 Å². The summed E-state index contributed by atoms with van der Waals surface area (Å²) >= 11 is 0. The third kappa shape index (κ3) is 2.74. The van der Waals surface area contributed by atoms with Crippen LogP contribution in [0, 0.1) is 11.8 Å². The molecular formula is C10H16N2O. The summed E-state index contributed by atoms with van der Waals surface area (Å²) in [5.41, 5.74) is 0. The van der Waals surface area contributed by atoms with Crippen molar-refractivity contribution < 1.29 is 4.79 Å². The van der Waals surface area contributed by atoms with Gasteiger partial charge in [-0.2, -0.15) is 0 Å². The van der Waals surface area contributed by atoms with Crippen LogP contribution >= 0.6 is 0 Å². The van der Waals surface area contributed by atoms with Crippen LogP contribution in [-0.2, 0) is 4.79 Å². The van der Waals surface area contributed by atoms with E-state index >= 15 is 0 Å². The number of hydrogen-bond acceptors (Lipinski definition) is 2. The molecule has 3 heteroatoms. The Labute approximate surface area is 79.7 Å². The molecule has 1 fully saturated rings. The second-order valence-electron chi connectivity index (χ2n) is 3.62. The van der Waals surface area contributed by atoms with E-state index in [0.29, 0.717) is 6.42 Å². The molecule has 1 aliphatic rings. The molecule has 0 radical (unpaired) electrons. The summed E-state index contributed by atoms with van der Waals surface area (Å²) in [5.74, 6) is 6.38. The second-order valence-corrected chi connectivity index (χ2v) is 3.62. The predicted octanol–water partition coefficient (Wildman–Crippen LogP) is 0.172. The van der Waals surface area contributed by atoms with Gasteiger partial charge in [-0.3, -0.25) is 9.69 Å². The Kier molecular flexibility index (Phi) is 3.32. The number of hydrogen-bond donors (Lipinski definition) is 0. The lowest BCUT2D eigenvalue weighted by atomic mass is 10.2. The number of likely N-dealkylation sites (tertiary alicyclic amines) is 1. The molecule has 0 aromatic carbocycles. The van der Waals surface area contributed by atoms with Crippen molar-refractivity contribution in [2.45, 2.75) is 18.9 Å². The highest BCUT2D eigenvalue weighted by Gasteiger charge is 2.25. The Morgan fingerprint density at radius 3 is 2.77 bits per heavy atom. The van der Waals surface area contributed by atoms with Crippen molar-refractivity contribution in [2.75, 3.05) is 27.7 Å². The Balaban J connectivity index is 2.44. The van der Waals surface area contributed by atoms with Crippen molar-refractivity contribution in [1.82, 2.24) is 9.80 Å². The third-order valence-corrected chi connectivity index (χ3v) is 2.16. The topological polar surface area (TPSA) is 23.6 Å². The van der Waals surface area contributed by atoms with E-state index in [-0.39, 0.29) is 11.9 Å². The molecule has 0 aliphatic carbocycles. The molecule has 1 aliphatic heterocycles. The van der Waals surface area contributed by atoms with Gasteiger partial charge < -0.3 is 4.90 Å². The predicted molar refractivity (Wildman–Crippen MR) is 52.1 cm³/mol. The van der Waals surface area contributed by atoms with Crippen LogP contribution in [0.3, 0.4) is 0 Å². The van der Waals surface area contributed by atoms with Crippen LogP contribution in [0.15, 0.2) is 0 Å². The fourth-order valence-corrected chi connectivity index (χ4v) is 1.29. The van der Waals surface area contributed by atoms with Gasteiger partial charge in [0.15, 0.2) is 0 Å². The van der Waals surface area contributed by atoms with Crippen LogP contribution in [0.5, 0.6) is 0 Å². The largest absolute Gasteiger partial charge is 0.332 e. The van der Waals surface area contributed by atoms with Crippen LogP contribution in [0.4, 0.5) is 0 Å². The highest BCUT2D eigenvalue weighted by atomic mass is 16.2. The van der Waals surface area contributed by atoms with Gasteiger partial charge >= 0.3 is 0 Å². The summed E-state index contributed by atoms with van der Waals surface area (Å²) in [4.78, 5) is 14.9. The van der Waals surface area contributed by atoms with Gasteiger partial charge in [0.2, 0.25) is 5.91 Å². The average Bonchev–Trinajstić information content (AvgIpc) is 2.35. The van der Waals surface area contributed by atoms with Crippen molar-refractivity contribution in [2.24, 2.45) is 0 Å². The van der Waals surface area contributed by atoms with Gasteiger partial charge in [0.1, 0.15) is 0 Å². The average molecular weight is 180 g/mol. The van der Waals surface area contributed by atoms with Crippen LogP contribution in [0.2, 0.25) is 0 Å². The van der Waals surface area contributed by atoms with Gasteiger partial charge in [-0.05, 0) is 20.5 Å². The molecule has 0 bridgehead atoms. The monoisotopic (exact) mass is 180 g/mol. The van der Waals surface area contributed by atoms with E-state index in [1.165, 1.54) is 0 Å². The number of amides is 1. The maximum Gasteiger partial charge on any atom is 0.223 e. The lowest BCUT2D eigenvalue weighted by Crippen LogP contribution is -2.27. The first-order chi connectivity index (χ1) is 6.11. The van der Waals surface area contributed by atoms with E-state index in [1.54, 1.807) is 4.90 Å². The first kappa shape index (κ1) is 10.1. The third-order valence-electron chi connectivity index (χ3n) is 2.16. The van der Waals surface area contributed by atoms with E-state index in [1.807, 2.05) is 26.0 Å². The van der Waals surface area contributed by atoms with Crippen LogP contribution in [0.1, 0.15) is 12.8 Å². The van der Waals surface area contributed by atoms with Crippen molar-refractivity contribution in [1.29, 1.82) is 0 Å². The Morgan fingerprint density at radius 2 is 2.31 bits per heavy atom. The summed E-state index contributed by atoms with van der Waals surface area (Å²) in [5, 5.41) is 0. The molecule has 1 atom stereocenters. The van der Waals surface area contributed by atoms with E-state index in [4.69, 9.17) is 0 Å². The molecule has 1 heterocycles. The van der Waals surface area contributed by atoms with Gasteiger partial charge in [-0.25, -0.2) is 0 Å². The first-order valence-electron chi connectivity index (χ1n) is 4.50. The Morgan fingerprint density at radius 1 is 1.62 bits per heavy atom. The molecule has 0 N–H and O–H groups in total. The fraction of sp³-hybridized carbons (Fsp3) is 0.700. The zero-order chi connectivity index (χ0) is 9.84. The summed E-state index contributed by atoms with van der Waals surface area (Å²) in [7, 11) is 5.79. The molecule has 72 valence electrons. The van der Waals surface area contributed by atoms with Crippen molar-refractivity contribution >= 4 is 5.91 Å². The zero-order valence-corrected chi connectivity index (χ0v) is 8.50. The Hall–Kier alpha value is -1.01. The molecule has 1 rings (SSSR count). The standard InChI is InChI=1S/C10H16N2O/c1-11(2)8-4-5-9-6-7-10(13)12(9)3/h9H,6-8H2,1-3H3. The maximum absolute atomic E-state index is 11.1. The number of nitrogens with zero attached hydrogens (tertiary/aromatic N) is 2. The molecular weight excluding hydrogens is 164 g/mol. The van der Waals surface area contributed by atoms with Gasteiger partial charge in [0, 0.05) is 13.5 Å². The highest BCUT2D eigenvalue weighted by Crippen LogP contribution is 2.14. The zero-order valence-electron chi connectivity index (χ0n) is 8.50. The summed E-state index contributed by atoms with van der Waals surface area (Å²) in [6, 6.07) is 0.146. The summed E-state index contributed by atoms with van der Waals surface area (Å²) < 4.78 is 0. The number of rotatable bonds is 1. The molecule has 1 unspecified atom stereocenters. The van der Waals surface area contributed by atoms with Crippen LogP contribution in [0.25, 0.3) is 0 Å². The lowest BCUT2D eigenvalue weighted by Gasteiger charge is -2.13. The smallest absolute Gasteiger partial charge is 0.223 e. The van der Waals surface area contributed by atoms with E-state index in [9.17, 15) is 4.79 Å². The molecule has 1 saturated heterocycles. The quantitative estimate of drug-likeness (QED) is 0.537. The van der Waals surface area contributed by atoms with Crippen LogP contribution in [-0.4, -0.2) is 49.4 Å². The molecule has 13 heavy (non-hydrogen) atoms. The lowest BCUT2D eigenvalue weighted by molar-refractivity contribution is -0.127. The van der Waals surface area contributed by atoms with Gasteiger partial charge in [-0.15, -0.1) is 0 Å². The highest BCUT2D eigenvalue weighted by molar-refractivity contribution is 5.79. The summed E-state index contributed by atoms with van der Waals surface area (Å²) in [6.45, 7) is 0.762. The molecule has 0 aromatic heterocycles. The molecule has 0 spiro atoms. The Bertz CT molecular complexity index is 249. The number of carbonyl (C=O) groups excluding carboxylic acids is 1. The first-order valence-corrected chi connectivity index (χ1v) is 4.50.